The van der Waals surface area contributed by atoms with Crippen LogP contribution in [0.3, 0.4) is 0 Å². The molecule has 1 N–H and O–H groups in total. The van der Waals surface area contributed by atoms with Gasteiger partial charge in [0.25, 0.3) is 0 Å². The monoisotopic (exact) mass is 250 g/mol. The quantitative estimate of drug-likeness (QED) is 0.897. The molecule has 0 atom stereocenters. The molecule has 5 heteroatoms. The molecule has 1 aromatic carbocycles. The number of anilines is 1. The molecule has 0 saturated heterocycles. The van der Waals surface area contributed by atoms with Gasteiger partial charge in [-0.1, -0.05) is 0 Å². The summed E-state index contributed by atoms with van der Waals surface area (Å²) in [4.78, 5) is 13.7. The summed E-state index contributed by atoms with van der Waals surface area (Å²) < 4.78 is 10.6. The number of urea groups is 1. The summed E-state index contributed by atoms with van der Waals surface area (Å²) in [7, 11) is 0. The van der Waals surface area contributed by atoms with E-state index < -0.39 is 0 Å². The van der Waals surface area contributed by atoms with E-state index in [1.165, 1.54) is 0 Å². The van der Waals surface area contributed by atoms with Gasteiger partial charge in [0.2, 0.25) is 6.79 Å². The minimum Gasteiger partial charge on any atom is -0.454 e. The third-order valence-corrected chi connectivity index (χ3v) is 3.01. The van der Waals surface area contributed by atoms with Crippen LogP contribution in [0.15, 0.2) is 12.1 Å². The van der Waals surface area contributed by atoms with Crippen LogP contribution in [-0.2, 0) is 0 Å². The first-order valence-electron chi connectivity index (χ1n) is 6.11. The number of nitrogens with zero attached hydrogens (tertiary/aromatic N) is 1. The van der Waals surface area contributed by atoms with Crippen LogP contribution in [0.5, 0.6) is 11.5 Å². The Balaban J connectivity index is 2.17. The topological polar surface area (TPSA) is 50.8 Å². The normalized spacial score (nSPS) is 12.4. The molecule has 0 spiro atoms. The number of amides is 2. The van der Waals surface area contributed by atoms with Crippen molar-refractivity contribution in [2.75, 3.05) is 25.2 Å². The van der Waals surface area contributed by atoms with E-state index in [1.807, 2.05) is 26.8 Å². The number of aryl methyl sites for hydroxylation is 1. The van der Waals surface area contributed by atoms with Gasteiger partial charge in [-0.25, -0.2) is 4.79 Å². The lowest BCUT2D eigenvalue weighted by Crippen LogP contribution is -2.34. The Bertz CT molecular complexity index is 456. The van der Waals surface area contributed by atoms with Crippen molar-refractivity contribution in [2.24, 2.45) is 0 Å². The zero-order chi connectivity index (χ0) is 13.1. The van der Waals surface area contributed by atoms with Gasteiger partial charge in [-0.2, -0.15) is 0 Å². The largest absolute Gasteiger partial charge is 0.454 e. The molecule has 0 fully saturated rings. The number of rotatable bonds is 3. The van der Waals surface area contributed by atoms with Gasteiger partial charge < -0.3 is 19.7 Å². The van der Waals surface area contributed by atoms with Crippen LogP contribution >= 0.6 is 0 Å². The Morgan fingerprint density at radius 1 is 1.28 bits per heavy atom. The Morgan fingerprint density at radius 3 is 2.50 bits per heavy atom. The number of carbonyl (C=O) groups is 1. The number of ether oxygens (including phenoxy) is 2. The third-order valence-electron chi connectivity index (χ3n) is 3.01. The predicted molar refractivity (Wildman–Crippen MR) is 69.2 cm³/mol. The van der Waals surface area contributed by atoms with E-state index in [2.05, 4.69) is 5.32 Å². The molecule has 0 aliphatic carbocycles. The number of fused-ring (bicyclic) bond motifs is 1. The van der Waals surface area contributed by atoms with Crippen LogP contribution in [0.4, 0.5) is 10.5 Å². The average Bonchev–Trinajstić information content (AvgIpc) is 2.78. The number of carbonyl (C=O) groups excluding carboxylic acids is 1. The fourth-order valence-electron chi connectivity index (χ4n) is 1.88. The molecule has 98 valence electrons. The fraction of sp³-hybridized carbons (Fsp3) is 0.462. The zero-order valence-electron chi connectivity index (χ0n) is 10.9. The van der Waals surface area contributed by atoms with Gasteiger partial charge in [0.1, 0.15) is 0 Å². The highest BCUT2D eigenvalue weighted by Gasteiger charge is 2.17. The Labute approximate surface area is 107 Å². The van der Waals surface area contributed by atoms with E-state index in [0.29, 0.717) is 18.8 Å². The summed E-state index contributed by atoms with van der Waals surface area (Å²) in [5.41, 5.74) is 1.72. The van der Waals surface area contributed by atoms with E-state index in [9.17, 15) is 4.79 Å². The van der Waals surface area contributed by atoms with Crippen LogP contribution in [0.2, 0.25) is 0 Å². The standard InChI is InChI=1S/C13H18N2O3/c1-4-15(5-2)13(16)14-10-7-12-11(6-9(10)3)17-8-18-12/h6-7H,4-5,8H2,1-3H3,(H,14,16). The second-order valence-electron chi connectivity index (χ2n) is 4.12. The van der Waals surface area contributed by atoms with Gasteiger partial charge in [-0.15, -0.1) is 0 Å². The molecule has 1 aromatic rings. The summed E-state index contributed by atoms with van der Waals surface area (Å²) in [5, 5.41) is 2.89. The first-order chi connectivity index (χ1) is 8.65. The smallest absolute Gasteiger partial charge is 0.321 e. The molecule has 5 nitrogen and oxygen atoms in total. The molecule has 1 aliphatic rings. The molecule has 1 heterocycles. The number of nitrogens with one attached hydrogen (secondary N) is 1. The molecule has 1 aliphatic heterocycles. The molecule has 0 saturated carbocycles. The Hall–Kier alpha value is -1.91. The van der Waals surface area contributed by atoms with Crippen molar-refractivity contribution >= 4 is 11.7 Å². The number of hydrogen-bond donors (Lipinski definition) is 1. The van der Waals surface area contributed by atoms with Crippen LogP contribution < -0.4 is 14.8 Å². The first-order valence-corrected chi connectivity index (χ1v) is 6.11. The van der Waals surface area contributed by atoms with E-state index in [0.717, 1.165) is 17.0 Å². The molecule has 0 aromatic heterocycles. The van der Waals surface area contributed by atoms with Crippen molar-refractivity contribution in [3.63, 3.8) is 0 Å². The molecule has 0 unspecified atom stereocenters. The second kappa shape index (κ2) is 5.16. The highest BCUT2D eigenvalue weighted by Crippen LogP contribution is 2.36. The molecular formula is C13H18N2O3. The second-order valence-corrected chi connectivity index (χ2v) is 4.12. The van der Waals surface area contributed by atoms with E-state index in [-0.39, 0.29) is 12.8 Å². The van der Waals surface area contributed by atoms with Crippen LogP contribution in [0.25, 0.3) is 0 Å². The maximum absolute atomic E-state index is 12.0. The number of benzene rings is 1. The fourth-order valence-corrected chi connectivity index (χ4v) is 1.88. The highest BCUT2D eigenvalue weighted by atomic mass is 16.7. The molecule has 2 amide bonds. The van der Waals surface area contributed by atoms with Gasteiger partial charge in [-0.3, -0.25) is 0 Å². The van der Waals surface area contributed by atoms with Crippen molar-refractivity contribution in [3.05, 3.63) is 17.7 Å². The first kappa shape index (κ1) is 12.5. The molecule has 0 radical (unpaired) electrons. The lowest BCUT2D eigenvalue weighted by atomic mass is 10.2. The van der Waals surface area contributed by atoms with Crippen molar-refractivity contribution in [3.8, 4) is 11.5 Å². The number of hydrogen-bond acceptors (Lipinski definition) is 3. The van der Waals surface area contributed by atoms with Gasteiger partial charge in [0, 0.05) is 24.8 Å². The highest BCUT2D eigenvalue weighted by molar-refractivity contribution is 5.90. The van der Waals surface area contributed by atoms with Crippen LogP contribution in [-0.4, -0.2) is 30.8 Å². The SMILES string of the molecule is CCN(CC)C(=O)Nc1cc2c(cc1C)OCO2. The molecule has 0 bridgehead atoms. The van der Waals surface area contributed by atoms with E-state index in [1.54, 1.807) is 11.0 Å². The maximum atomic E-state index is 12.0. The van der Waals surface area contributed by atoms with Crippen LogP contribution in [0, 0.1) is 6.92 Å². The van der Waals surface area contributed by atoms with Gasteiger partial charge in [-0.05, 0) is 32.4 Å². The molecule has 2 rings (SSSR count). The van der Waals surface area contributed by atoms with Crippen molar-refractivity contribution in [1.82, 2.24) is 4.90 Å². The molecular weight excluding hydrogens is 232 g/mol. The van der Waals surface area contributed by atoms with E-state index >= 15 is 0 Å². The third kappa shape index (κ3) is 2.34. The average molecular weight is 250 g/mol. The van der Waals surface area contributed by atoms with Crippen molar-refractivity contribution in [2.45, 2.75) is 20.8 Å². The summed E-state index contributed by atoms with van der Waals surface area (Å²) in [6.45, 7) is 7.45. The van der Waals surface area contributed by atoms with Crippen molar-refractivity contribution in [1.29, 1.82) is 0 Å². The summed E-state index contributed by atoms with van der Waals surface area (Å²) in [6, 6.07) is 3.58. The predicted octanol–water partition coefficient (Wildman–Crippen LogP) is 2.60. The summed E-state index contributed by atoms with van der Waals surface area (Å²) in [5.74, 6) is 1.41. The molecule has 18 heavy (non-hydrogen) atoms. The van der Waals surface area contributed by atoms with E-state index in [4.69, 9.17) is 9.47 Å². The minimum atomic E-state index is -0.0954. The lowest BCUT2D eigenvalue weighted by Gasteiger charge is -2.20. The van der Waals surface area contributed by atoms with Gasteiger partial charge in [0.05, 0.1) is 0 Å². The van der Waals surface area contributed by atoms with Gasteiger partial charge in [0.15, 0.2) is 11.5 Å². The van der Waals surface area contributed by atoms with Crippen molar-refractivity contribution < 1.29 is 14.3 Å². The Morgan fingerprint density at radius 2 is 1.89 bits per heavy atom. The summed E-state index contributed by atoms with van der Waals surface area (Å²) in [6.07, 6.45) is 0. The lowest BCUT2D eigenvalue weighted by molar-refractivity contribution is 0.174. The Kier molecular flexibility index (Phi) is 3.60. The van der Waals surface area contributed by atoms with Gasteiger partial charge >= 0.3 is 6.03 Å². The summed E-state index contributed by atoms with van der Waals surface area (Å²) >= 11 is 0. The zero-order valence-corrected chi connectivity index (χ0v) is 10.9. The minimum absolute atomic E-state index is 0.0954. The maximum Gasteiger partial charge on any atom is 0.321 e. The van der Waals surface area contributed by atoms with Crippen LogP contribution in [0.1, 0.15) is 19.4 Å².